The van der Waals surface area contributed by atoms with Crippen molar-refractivity contribution in [3.05, 3.63) is 41.2 Å². The number of hydrogen-bond acceptors (Lipinski definition) is 5. The second-order valence-electron chi connectivity index (χ2n) is 5.05. The van der Waals surface area contributed by atoms with Crippen LogP contribution in [0, 0.1) is 6.92 Å². The molecule has 2 rings (SSSR count). The molecule has 1 heterocycles. The fourth-order valence-corrected chi connectivity index (χ4v) is 3.01. The lowest BCUT2D eigenvalue weighted by Crippen LogP contribution is -2.29. The Kier molecular flexibility index (Phi) is 7.30. The van der Waals surface area contributed by atoms with Crippen LogP contribution in [0.4, 0.5) is 0 Å². The van der Waals surface area contributed by atoms with Crippen LogP contribution in [0.5, 0.6) is 0 Å². The summed E-state index contributed by atoms with van der Waals surface area (Å²) in [6.45, 7) is 1.96. The van der Waals surface area contributed by atoms with E-state index in [1.165, 1.54) is 11.8 Å². The second kappa shape index (κ2) is 9.45. The van der Waals surface area contributed by atoms with E-state index in [9.17, 15) is 9.59 Å². The highest BCUT2D eigenvalue weighted by molar-refractivity contribution is 7.99. The van der Waals surface area contributed by atoms with Crippen LogP contribution >= 0.6 is 23.4 Å². The number of carbonyl (C=O) groups is 2. The molecule has 0 saturated heterocycles. The molecule has 0 aliphatic heterocycles. The van der Waals surface area contributed by atoms with E-state index in [1.807, 2.05) is 35.9 Å². The van der Waals surface area contributed by atoms with E-state index in [1.54, 1.807) is 6.20 Å². The molecular weight excluding hydrogens is 366 g/mol. The molecule has 0 aliphatic rings. The predicted molar refractivity (Wildman–Crippen MR) is 95.5 cm³/mol. The predicted octanol–water partition coefficient (Wildman–Crippen LogP) is 2.14. The highest BCUT2D eigenvalue weighted by Gasteiger charge is 2.11. The Morgan fingerprint density at radius 3 is 3.00 bits per heavy atom. The maximum absolute atomic E-state index is 11.8. The lowest BCUT2D eigenvalue weighted by molar-refractivity contribution is -0.142. The van der Waals surface area contributed by atoms with Crippen molar-refractivity contribution < 1.29 is 19.4 Å². The number of hydrogen-bond donors (Lipinski definition) is 2. The number of carbonyl (C=O) groups excluding carboxylic acids is 1. The third-order valence-corrected chi connectivity index (χ3v) is 4.61. The first-order valence-corrected chi connectivity index (χ1v) is 8.83. The molecule has 1 aromatic heterocycles. The van der Waals surface area contributed by atoms with E-state index < -0.39 is 5.97 Å². The lowest BCUT2D eigenvalue weighted by atomic mass is 10.2. The van der Waals surface area contributed by atoms with E-state index in [2.05, 4.69) is 10.3 Å². The molecule has 0 spiro atoms. The average Bonchev–Trinajstić information content (AvgIpc) is 3.03. The zero-order valence-corrected chi connectivity index (χ0v) is 15.1. The summed E-state index contributed by atoms with van der Waals surface area (Å²) in [6, 6.07) is 5.62. The van der Waals surface area contributed by atoms with Crippen molar-refractivity contribution in [3.8, 4) is 5.69 Å². The Bertz CT molecular complexity index is 751. The number of rotatable bonds is 9. The van der Waals surface area contributed by atoms with E-state index >= 15 is 0 Å². The first kappa shape index (κ1) is 19.3. The largest absolute Gasteiger partial charge is 0.480 e. The molecule has 134 valence electrons. The van der Waals surface area contributed by atoms with Gasteiger partial charge in [-0.25, -0.2) is 9.78 Å². The number of ether oxygens (including phenoxy) is 1. The van der Waals surface area contributed by atoms with Gasteiger partial charge in [0.2, 0.25) is 5.91 Å². The number of nitrogens with one attached hydrogen (secondary N) is 1. The zero-order chi connectivity index (χ0) is 18.2. The minimum Gasteiger partial charge on any atom is -0.480 e. The van der Waals surface area contributed by atoms with Crippen LogP contribution in [-0.2, 0) is 14.3 Å². The van der Waals surface area contributed by atoms with Crippen molar-refractivity contribution in [2.24, 2.45) is 0 Å². The molecule has 2 aromatic rings. The normalized spacial score (nSPS) is 10.6. The van der Waals surface area contributed by atoms with Gasteiger partial charge < -0.3 is 15.2 Å². The molecule has 1 aromatic carbocycles. The summed E-state index contributed by atoms with van der Waals surface area (Å²) >= 11 is 7.46. The highest BCUT2D eigenvalue weighted by Crippen LogP contribution is 2.26. The number of carboxylic acids is 1. The van der Waals surface area contributed by atoms with Crippen LogP contribution in [0.3, 0.4) is 0 Å². The summed E-state index contributed by atoms with van der Waals surface area (Å²) in [6.07, 6.45) is 3.49. The van der Waals surface area contributed by atoms with Crippen molar-refractivity contribution in [1.82, 2.24) is 14.9 Å². The molecule has 0 bridgehead atoms. The van der Waals surface area contributed by atoms with Crippen molar-refractivity contribution in [2.45, 2.75) is 12.1 Å². The third-order valence-electron chi connectivity index (χ3n) is 3.23. The number of thioether (sulfide) groups is 1. The quantitative estimate of drug-likeness (QED) is 0.509. The zero-order valence-electron chi connectivity index (χ0n) is 13.6. The minimum absolute atomic E-state index is 0.152. The monoisotopic (exact) mass is 383 g/mol. The molecule has 7 nitrogen and oxygen atoms in total. The Morgan fingerprint density at radius 2 is 2.24 bits per heavy atom. The van der Waals surface area contributed by atoms with Crippen molar-refractivity contribution in [3.63, 3.8) is 0 Å². The number of nitrogens with zero attached hydrogens (tertiary/aromatic N) is 2. The van der Waals surface area contributed by atoms with E-state index in [-0.39, 0.29) is 31.4 Å². The van der Waals surface area contributed by atoms with Crippen molar-refractivity contribution in [1.29, 1.82) is 0 Å². The molecular formula is C16H18ClN3O4S. The summed E-state index contributed by atoms with van der Waals surface area (Å²) < 4.78 is 6.73. The van der Waals surface area contributed by atoms with Gasteiger partial charge >= 0.3 is 5.97 Å². The molecule has 2 N–H and O–H groups in total. The van der Waals surface area contributed by atoms with E-state index in [0.29, 0.717) is 10.2 Å². The highest BCUT2D eigenvalue weighted by atomic mass is 35.5. The molecule has 0 aliphatic carbocycles. The van der Waals surface area contributed by atoms with Crippen molar-refractivity contribution >= 4 is 35.2 Å². The van der Waals surface area contributed by atoms with Gasteiger partial charge in [-0.2, -0.15) is 0 Å². The number of amides is 1. The summed E-state index contributed by atoms with van der Waals surface area (Å²) in [5.74, 6) is -1.03. The number of carboxylic acid groups (broad SMARTS) is 1. The number of imidazole rings is 1. The molecule has 25 heavy (non-hydrogen) atoms. The van der Waals surface area contributed by atoms with Gasteiger partial charge in [0.05, 0.1) is 18.0 Å². The lowest BCUT2D eigenvalue weighted by Gasteiger charge is -2.11. The van der Waals surface area contributed by atoms with Gasteiger partial charge in [-0.05, 0) is 24.6 Å². The first-order chi connectivity index (χ1) is 12.0. The number of benzene rings is 1. The smallest absolute Gasteiger partial charge is 0.329 e. The Balaban J connectivity index is 1.86. The topological polar surface area (TPSA) is 93.5 Å². The molecule has 0 unspecified atom stereocenters. The molecule has 9 heteroatoms. The summed E-state index contributed by atoms with van der Waals surface area (Å²) in [5.41, 5.74) is 1.85. The minimum atomic E-state index is -1.04. The Hall–Kier alpha value is -2.03. The number of aromatic nitrogens is 2. The van der Waals surface area contributed by atoms with Gasteiger partial charge in [0, 0.05) is 24.0 Å². The van der Waals surface area contributed by atoms with Crippen LogP contribution in [0.2, 0.25) is 5.02 Å². The van der Waals surface area contributed by atoms with Gasteiger partial charge in [-0.15, -0.1) is 0 Å². The van der Waals surface area contributed by atoms with Crippen LogP contribution in [0.15, 0.2) is 35.7 Å². The molecule has 0 atom stereocenters. The van der Waals surface area contributed by atoms with Gasteiger partial charge in [-0.1, -0.05) is 29.4 Å². The third kappa shape index (κ3) is 5.77. The molecule has 1 amide bonds. The summed E-state index contributed by atoms with van der Waals surface area (Å²) in [4.78, 5) is 26.4. The van der Waals surface area contributed by atoms with Gasteiger partial charge in [-0.3, -0.25) is 9.36 Å². The summed E-state index contributed by atoms with van der Waals surface area (Å²) in [5, 5.41) is 12.4. The number of aliphatic carboxylic acids is 1. The first-order valence-electron chi connectivity index (χ1n) is 7.47. The van der Waals surface area contributed by atoms with E-state index in [4.69, 9.17) is 21.4 Å². The number of halogens is 1. The van der Waals surface area contributed by atoms with Gasteiger partial charge in [0.25, 0.3) is 0 Å². The Morgan fingerprint density at radius 1 is 1.44 bits per heavy atom. The van der Waals surface area contributed by atoms with Crippen LogP contribution in [0.1, 0.15) is 5.56 Å². The summed E-state index contributed by atoms with van der Waals surface area (Å²) in [7, 11) is 0. The van der Waals surface area contributed by atoms with Crippen LogP contribution in [-0.4, -0.2) is 52.0 Å². The average molecular weight is 384 g/mol. The Labute approximate surface area is 154 Å². The SMILES string of the molecule is Cc1c(Cl)cccc1-n1ccnc1SCC(=O)NCCOCC(=O)O. The van der Waals surface area contributed by atoms with Crippen molar-refractivity contribution in [2.75, 3.05) is 25.5 Å². The van der Waals surface area contributed by atoms with Gasteiger partial charge in [0.15, 0.2) is 5.16 Å². The maximum Gasteiger partial charge on any atom is 0.329 e. The van der Waals surface area contributed by atoms with E-state index in [0.717, 1.165) is 11.3 Å². The molecule has 0 fully saturated rings. The van der Waals surface area contributed by atoms with Crippen LogP contribution in [0.25, 0.3) is 5.69 Å². The molecule has 0 saturated carbocycles. The fraction of sp³-hybridized carbons (Fsp3) is 0.312. The fourth-order valence-electron chi connectivity index (χ4n) is 2.04. The van der Waals surface area contributed by atoms with Crippen LogP contribution < -0.4 is 5.32 Å². The second-order valence-corrected chi connectivity index (χ2v) is 6.40. The molecule has 0 radical (unpaired) electrons. The standard InChI is InChI=1S/C16H18ClN3O4S/c1-11-12(17)3-2-4-13(11)20-7-5-19-16(20)25-10-14(21)18-6-8-24-9-15(22)23/h2-5,7H,6,8-10H2,1H3,(H,18,21)(H,22,23). The maximum atomic E-state index is 11.8. The van der Waals surface area contributed by atoms with Gasteiger partial charge in [0.1, 0.15) is 6.61 Å².